The molecule has 0 aliphatic carbocycles. The molecule has 0 radical (unpaired) electrons. The highest BCUT2D eigenvalue weighted by Crippen LogP contribution is 2.38. The summed E-state index contributed by atoms with van der Waals surface area (Å²) < 4.78 is 15.1. The van der Waals surface area contributed by atoms with Crippen molar-refractivity contribution in [1.29, 1.82) is 0 Å². The summed E-state index contributed by atoms with van der Waals surface area (Å²) in [6.45, 7) is 1.70. The first-order valence-corrected chi connectivity index (χ1v) is 11.4. The summed E-state index contributed by atoms with van der Waals surface area (Å²) in [5.74, 6) is -1.80. The van der Waals surface area contributed by atoms with E-state index in [9.17, 15) is 14.4 Å². The van der Waals surface area contributed by atoms with E-state index in [1.807, 2.05) is 17.5 Å². The first-order valence-electron chi connectivity index (χ1n) is 8.76. The fraction of sp³-hybridized carbons (Fsp3) is 0.263. The minimum atomic E-state index is -0.708. The number of anilines is 1. The van der Waals surface area contributed by atoms with E-state index in [4.69, 9.17) is 14.2 Å². The first kappa shape index (κ1) is 22.1. The molecule has 0 fully saturated rings. The van der Waals surface area contributed by atoms with Gasteiger partial charge in [0.15, 0.2) is 12.3 Å². The van der Waals surface area contributed by atoms with Crippen molar-refractivity contribution >= 4 is 56.9 Å². The summed E-state index contributed by atoms with van der Waals surface area (Å²) in [5, 5.41) is 8.83. The number of hydrogen-bond acceptors (Lipinski definition) is 10. The Labute approximate surface area is 184 Å². The molecule has 1 amide bonds. The van der Waals surface area contributed by atoms with Crippen LogP contribution in [0, 0.1) is 0 Å². The van der Waals surface area contributed by atoms with Crippen molar-refractivity contribution in [2.75, 3.05) is 25.6 Å². The lowest BCUT2D eigenvalue weighted by molar-refractivity contribution is -0.119. The molecule has 158 valence electrons. The van der Waals surface area contributed by atoms with E-state index in [0.29, 0.717) is 22.2 Å². The quantitative estimate of drug-likeness (QED) is 0.474. The molecule has 0 bridgehead atoms. The maximum absolute atomic E-state index is 12.5. The number of rotatable bonds is 9. The van der Waals surface area contributed by atoms with E-state index in [1.165, 1.54) is 41.1 Å². The third-order valence-corrected chi connectivity index (χ3v) is 6.29. The monoisotopic (exact) mass is 466 g/mol. The van der Waals surface area contributed by atoms with Crippen molar-refractivity contribution < 1.29 is 28.6 Å². The molecule has 8 nitrogen and oxygen atoms in total. The predicted molar refractivity (Wildman–Crippen MR) is 115 cm³/mol. The van der Waals surface area contributed by atoms with Gasteiger partial charge in [-0.3, -0.25) is 4.79 Å². The minimum absolute atomic E-state index is 0.114. The highest BCUT2D eigenvalue weighted by atomic mass is 32.1. The molecule has 0 atom stereocenters. The highest BCUT2D eigenvalue weighted by molar-refractivity contribution is 7.17. The van der Waals surface area contributed by atoms with Crippen LogP contribution in [0.1, 0.15) is 32.8 Å². The van der Waals surface area contributed by atoms with Gasteiger partial charge in [-0.25, -0.2) is 14.6 Å². The number of carbonyl (C=O) groups excluding carboxylic acids is 3. The van der Waals surface area contributed by atoms with Crippen LogP contribution < -0.4 is 5.32 Å². The summed E-state index contributed by atoms with van der Waals surface area (Å²) in [6, 6.07) is 3.76. The van der Waals surface area contributed by atoms with Gasteiger partial charge in [0, 0.05) is 28.3 Å². The SMILES string of the molecule is CCOC(=O)c1c(-c2cccs2)csc1NC(=O)COC(=O)c1csc(COC)n1. The van der Waals surface area contributed by atoms with Gasteiger partial charge in [0.1, 0.15) is 15.6 Å². The fourth-order valence-corrected chi connectivity index (χ4v) is 4.95. The van der Waals surface area contributed by atoms with E-state index in [-0.39, 0.29) is 17.9 Å². The Balaban J connectivity index is 1.67. The molecule has 3 aromatic heterocycles. The van der Waals surface area contributed by atoms with Gasteiger partial charge in [-0.15, -0.1) is 34.0 Å². The number of carbonyl (C=O) groups is 3. The molecule has 3 heterocycles. The van der Waals surface area contributed by atoms with E-state index < -0.39 is 24.5 Å². The summed E-state index contributed by atoms with van der Waals surface area (Å²) in [7, 11) is 1.53. The summed E-state index contributed by atoms with van der Waals surface area (Å²) in [5.41, 5.74) is 1.09. The van der Waals surface area contributed by atoms with Crippen LogP contribution in [-0.2, 0) is 25.6 Å². The van der Waals surface area contributed by atoms with Crippen molar-refractivity contribution in [2.45, 2.75) is 13.5 Å². The Morgan fingerprint density at radius 1 is 1.10 bits per heavy atom. The van der Waals surface area contributed by atoms with E-state index in [1.54, 1.807) is 17.7 Å². The number of amides is 1. The second kappa shape index (κ2) is 10.4. The van der Waals surface area contributed by atoms with Crippen LogP contribution in [0.3, 0.4) is 0 Å². The molecule has 0 aliphatic rings. The topological polar surface area (TPSA) is 104 Å². The zero-order valence-electron chi connectivity index (χ0n) is 16.1. The van der Waals surface area contributed by atoms with E-state index in [0.717, 1.165) is 4.88 Å². The van der Waals surface area contributed by atoms with Gasteiger partial charge < -0.3 is 19.5 Å². The summed E-state index contributed by atoms with van der Waals surface area (Å²) >= 11 is 3.95. The van der Waals surface area contributed by atoms with Crippen molar-refractivity contribution in [3.63, 3.8) is 0 Å². The normalized spacial score (nSPS) is 10.6. The summed E-state index contributed by atoms with van der Waals surface area (Å²) in [4.78, 5) is 41.8. The van der Waals surface area contributed by atoms with Gasteiger partial charge >= 0.3 is 11.9 Å². The van der Waals surface area contributed by atoms with Crippen molar-refractivity contribution in [1.82, 2.24) is 4.98 Å². The maximum Gasteiger partial charge on any atom is 0.358 e. The zero-order chi connectivity index (χ0) is 21.5. The molecule has 0 saturated carbocycles. The number of esters is 2. The smallest absolute Gasteiger partial charge is 0.358 e. The molecular weight excluding hydrogens is 448 g/mol. The molecule has 0 aromatic carbocycles. The minimum Gasteiger partial charge on any atom is -0.462 e. The second-order valence-corrected chi connectivity index (χ2v) is 8.51. The molecule has 3 rings (SSSR count). The Kier molecular flexibility index (Phi) is 7.69. The van der Waals surface area contributed by atoms with Gasteiger partial charge in [-0.1, -0.05) is 6.07 Å². The van der Waals surface area contributed by atoms with Crippen molar-refractivity contribution in [3.8, 4) is 10.4 Å². The largest absolute Gasteiger partial charge is 0.462 e. The maximum atomic E-state index is 12.5. The molecule has 1 N–H and O–H groups in total. The number of ether oxygens (including phenoxy) is 3. The zero-order valence-corrected chi connectivity index (χ0v) is 18.6. The standard InChI is InChI=1S/C19H18N2O6S3/c1-3-26-19(24)16-11(13-5-4-6-28-13)9-30-17(16)21-14(22)7-27-18(23)12-10-29-15(20-12)8-25-2/h4-6,9-10H,3,7-8H2,1-2H3,(H,21,22). The lowest BCUT2D eigenvalue weighted by Crippen LogP contribution is -2.22. The van der Waals surface area contributed by atoms with Gasteiger partial charge in [0.25, 0.3) is 5.91 Å². The average molecular weight is 467 g/mol. The Bertz CT molecular complexity index is 1030. The number of hydrogen-bond donors (Lipinski definition) is 1. The molecule has 0 saturated heterocycles. The molecule has 0 aliphatic heterocycles. The Hall–Kier alpha value is -2.60. The lowest BCUT2D eigenvalue weighted by atomic mass is 10.1. The fourth-order valence-electron chi connectivity index (χ4n) is 2.43. The summed E-state index contributed by atoms with van der Waals surface area (Å²) in [6.07, 6.45) is 0. The highest BCUT2D eigenvalue weighted by Gasteiger charge is 2.24. The van der Waals surface area contributed by atoms with Crippen LogP contribution in [0.15, 0.2) is 28.3 Å². The number of thiophene rings is 2. The van der Waals surface area contributed by atoms with Crippen LogP contribution in [0.25, 0.3) is 10.4 Å². The number of nitrogens with zero attached hydrogens (tertiary/aromatic N) is 1. The van der Waals surface area contributed by atoms with Crippen molar-refractivity contribution in [2.24, 2.45) is 0 Å². The molecule has 3 aromatic rings. The van der Waals surface area contributed by atoms with Gasteiger partial charge in [0.05, 0.1) is 13.2 Å². The third-order valence-electron chi connectivity index (χ3n) is 3.67. The average Bonchev–Trinajstić information content (AvgIpc) is 3.47. The van der Waals surface area contributed by atoms with E-state index in [2.05, 4.69) is 10.3 Å². The molecule has 0 spiro atoms. The molecule has 0 unspecified atom stereocenters. The van der Waals surface area contributed by atoms with Gasteiger partial charge in [0.2, 0.25) is 0 Å². The van der Waals surface area contributed by atoms with Crippen LogP contribution in [0.2, 0.25) is 0 Å². The Morgan fingerprint density at radius 3 is 2.63 bits per heavy atom. The van der Waals surface area contributed by atoms with Crippen molar-refractivity contribution in [3.05, 3.63) is 44.5 Å². The second-order valence-electron chi connectivity index (χ2n) is 5.74. The van der Waals surface area contributed by atoms with Crippen LogP contribution >= 0.6 is 34.0 Å². The van der Waals surface area contributed by atoms with Crippen LogP contribution in [0.4, 0.5) is 5.00 Å². The molecule has 30 heavy (non-hydrogen) atoms. The third kappa shape index (κ3) is 5.30. The molecule has 11 heteroatoms. The predicted octanol–water partition coefficient (Wildman–Crippen LogP) is 4.05. The van der Waals surface area contributed by atoms with Gasteiger partial charge in [-0.05, 0) is 18.4 Å². The van der Waals surface area contributed by atoms with E-state index >= 15 is 0 Å². The number of nitrogens with one attached hydrogen (secondary N) is 1. The molecular formula is C19H18N2O6S3. The lowest BCUT2D eigenvalue weighted by Gasteiger charge is -2.08. The number of thiazole rings is 1. The Morgan fingerprint density at radius 2 is 1.93 bits per heavy atom. The van der Waals surface area contributed by atoms with Crippen LogP contribution in [-0.4, -0.2) is 43.2 Å². The van der Waals surface area contributed by atoms with Gasteiger partial charge in [-0.2, -0.15) is 0 Å². The number of methoxy groups -OCH3 is 1. The first-order chi connectivity index (χ1) is 14.5. The van der Waals surface area contributed by atoms with Crippen LogP contribution in [0.5, 0.6) is 0 Å². The number of aromatic nitrogens is 1.